The normalized spacial score (nSPS) is 24.4. The van der Waals surface area contributed by atoms with Gasteiger partial charge in [0, 0.05) is 24.8 Å². The zero-order valence-corrected chi connectivity index (χ0v) is 8.79. The standard InChI is InChI=1S/C11H20N2/c1-9(2)10(3)12-6-7-13(8-12)11-4-5-11/h9,11H,3-8H2,1-2H3. The summed E-state index contributed by atoms with van der Waals surface area (Å²) in [7, 11) is 0. The van der Waals surface area contributed by atoms with Gasteiger partial charge in [-0.15, -0.1) is 0 Å². The molecule has 74 valence electrons. The molecule has 2 rings (SSSR count). The average molecular weight is 180 g/mol. The lowest BCUT2D eigenvalue weighted by Crippen LogP contribution is -2.27. The summed E-state index contributed by atoms with van der Waals surface area (Å²) in [5.41, 5.74) is 1.31. The number of allylic oxidation sites excluding steroid dienone is 1. The van der Waals surface area contributed by atoms with Crippen molar-refractivity contribution in [3.8, 4) is 0 Å². The van der Waals surface area contributed by atoms with Gasteiger partial charge in [-0.25, -0.2) is 0 Å². The van der Waals surface area contributed by atoms with E-state index in [0.717, 1.165) is 12.7 Å². The van der Waals surface area contributed by atoms with E-state index >= 15 is 0 Å². The second-order valence-corrected chi connectivity index (χ2v) is 4.59. The molecule has 2 nitrogen and oxygen atoms in total. The highest BCUT2D eigenvalue weighted by Gasteiger charge is 2.33. The lowest BCUT2D eigenvalue weighted by Gasteiger charge is -2.24. The molecule has 1 saturated carbocycles. The Morgan fingerprint density at radius 2 is 2.00 bits per heavy atom. The lowest BCUT2D eigenvalue weighted by molar-refractivity contribution is 0.260. The molecule has 0 spiro atoms. The van der Waals surface area contributed by atoms with Gasteiger partial charge < -0.3 is 4.90 Å². The Morgan fingerprint density at radius 3 is 2.54 bits per heavy atom. The second-order valence-electron chi connectivity index (χ2n) is 4.59. The Bertz CT molecular complexity index is 206. The summed E-state index contributed by atoms with van der Waals surface area (Å²) in [6.45, 7) is 12.2. The first kappa shape index (κ1) is 9.07. The topological polar surface area (TPSA) is 6.48 Å². The maximum absolute atomic E-state index is 4.15. The third kappa shape index (κ3) is 1.88. The molecule has 0 bridgehead atoms. The van der Waals surface area contributed by atoms with Crippen molar-refractivity contribution in [1.29, 1.82) is 0 Å². The van der Waals surface area contributed by atoms with E-state index in [9.17, 15) is 0 Å². The van der Waals surface area contributed by atoms with Crippen molar-refractivity contribution in [2.75, 3.05) is 19.8 Å². The Kier molecular flexibility index (Phi) is 2.33. The predicted molar refractivity (Wildman–Crippen MR) is 55.3 cm³/mol. The third-order valence-corrected chi connectivity index (χ3v) is 3.15. The minimum atomic E-state index is 0.596. The molecule has 1 saturated heterocycles. The van der Waals surface area contributed by atoms with Crippen LogP contribution < -0.4 is 0 Å². The Hall–Kier alpha value is -0.500. The fourth-order valence-electron chi connectivity index (χ4n) is 1.95. The first-order chi connectivity index (χ1) is 6.18. The van der Waals surface area contributed by atoms with Gasteiger partial charge in [-0.2, -0.15) is 0 Å². The Balaban J connectivity index is 1.86. The molecule has 0 unspecified atom stereocenters. The zero-order valence-electron chi connectivity index (χ0n) is 8.79. The van der Waals surface area contributed by atoms with E-state index in [4.69, 9.17) is 0 Å². The van der Waals surface area contributed by atoms with Gasteiger partial charge in [-0.05, 0) is 18.8 Å². The second kappa shape index (κ2) is 3.33. The van der Waals surface area contributed by atoms with E-state index in [1.54, 1.807) is 0 Å². The molecule has 1 aliphatic heterocycles. The molecule has 1 heterocycles. The highest BCUT2D eigenvalue weighted by atomic mass is 15.4. The van der Waals surface area contributed by atoms with Crippen LogP contribution in [0, 0.1) is 5.92 Å². The molecule has 13 heavy (non-hydrogen) atoms. The van der Waals surface area contributed by atoms with Gasteiger partial charge in [0.15, 0.2) is 0 Å². The third-order valence-electron chi connectivity index (χ3n) is 3.15. The van der Waals surface area contributed by atoms with Crippen LogP contribution in [0.15, 0.2) is 12.3 Å². The molecule has 0 aromatic carbocycles. The van der Waals surface area contributed by atoms with Gasteiger partial charge in [-0.1, -0.05) is 20.4 Å². The SMILES string of the molecule is C=C(C(C)C)N1CCN(C2CC2)C1. The van der Waals surface area contributed by atoms with Crippen molar-refractivity contribution < 1.29 is 0 Å². The molecule has 0 amide bonds. The molecular formula is C11H20N2. The van der Waals surface area contributed by atoms with Gasteiger partial charge in [0.1, 0.15) is 0 Å². The van der Waals surface area contributed by atoms with Crippen molar-refractivity contribution in [2.45, 2.75) is 32.7 Å². The summed E-state index contributed by atoms with van der Waals surface area (Å²) in [6.07, 6.45) is 2.84. The maximum atomic E-state index is 4.15. The summed E-state index contributed by atoms with van der Waals surface area (Å²) in [6, 6.07) is 0.907. The average Bonchev–Trinajstić information content (AvgIpc) is 2.83. The van der Waals surface area contributed by atoms with Crippen LogP contribution in [-0.2, 0) is 0 Å². The smallest absolute Gasteiger partial charge is 0.0707 e. The minimum absolute atomic E-state index is 0.596. The Morgan fingerprint density at radius 1 is 1.31 bits per heavy atom. The van der Waals surface area contributed by atoms with E-state index in [1.165, 1.54) is 31.6 Å². The number of hydrogen-bond acceptors (Lipinski definition) is 2. The van der Waals surface area contributed by atoms with E-state index < -0.39 is 0 Å². The first-order valence-corrected chi connectivity index (χ1v) is 5.36. The highest BCUT2D eigenvalue weighted by Crippen LogP contribution is 2.30. The van der Waals surface area contributed by atoms with Crippen LogP contribution in [0.25, 0.3) is 0 Å². The minimum Gasteiger partial charge on any atom is -0.361 e. The predicted octanol–water partition coefficient (Wildman–Crippen LogP) is 1.89. The molecule has 0 atom stereocenters. The number of hydrogen-bond donors (Lipinski definition) is 0. The molecular weight excluding hydrogens is 160 g/mol. The maximum Gasteiger partial charge on any atom is 0.0707 e. The van der Waals surface area contributed by atoms with E-state index in [2.05, 4.69) is 30.2 Å². The Labute approximate surface area is 81.2 Å². The van der Waals surface area contributed by atoms with Crippen molar-refractivity contribution in [1.82, 2.24) is 9.80 Å². The van der Waals surface area contributed by atoms with Crippen LogP contribution in [0.2, 0.25) is 0 Å². The fraction of sp³-hybridized carbons (Fsp3) is 0.818. The van der Waals surface area contributed by atoms with Crippen molar-refractivity contribution in [3.05, 3.63) is 12.3 Å². The molecule has 1 aliphatic carbocycles. The van der Waals surface area contributed by atoms with Crippen LogP contribution in [0.4, 0.5) is 0 Å². The van der Waals surface area contributed by atoms with Gasteiger partial charge in [0.25, 0.3) is 0 Å². The molecule has 0 radical (unpaired) electrons. The van der Waals surface area contributed by atoms with Crippen LogP contribution >= 0.6 is 0 Å². The van der Waals surface area contributed by atoms with E-state index in [1.807, 2.05) is 0 Å². The lowest BCUT2D eigenvalue weighted by atomic mass is 10.1. The largest absolute Gasteiger partial charge is 0.361 e. The number of rotatable bonds is 3. The fourth-order valence-corrected chi connectivity index (χ4v) is 1.95. The summed E-state index contributed by atoms with van der Waals surface area (Å²) >= 11 is 0. The quantitative estimate of drug-likeness (QED) is 0.654. The van der Waals surface area contributed by atoms with Crippen LogP contribution in [0.3, 0.4) is 0 Å². The zero-order chi connectivity index (χ0) is 9.42. The van der Waals surface area contributed by atoms with Gasteiger partial charge >= 0.3 is 0 Å². The monoisotopic (exact) mass is 180 g/mol. The molecule has 2 heteroatoms. The van der Waals surface area contributed by atoms with Crippen LogP contribution in [0.1, 0.15) is 26.7 Å². The van der Waals surface area contributed by atoms with Gasteiger partial charge in [-0.3, -0.25) is 4.90 Å². The highest BCUT2D eigenvalue weighted by molar-refractivity contribution is 5.01. The molecule has 2 aliphatic rings. The van der Waals surface area contributed by atoms with Crippen molar-refractivity contribution in [2.24, 2.45) is 5.92 Å². The summed E-state index contributed by atoms with van der Waals surface area (Å²) in [4.78, 5) is 5.02. The van der Waals surface area contributed by atoms with Crippen molar-refractivity contribution in [3.63, 3.8) is 0 Å². The number of nitrogens with zero attached hydrogens (tertiary/aromatic N) is 2. The van der Waals surface area contributed by atoms with E-state index in [-0.39, 0.29) is 0 Å². The molecule has 0 aromatic rings. The molecule has 2 fully saturated rings. The summed E-state index contributed by atoms with van der Waals surface area (Å²) in [5, 5.41) is 0. The van der Waals surface area contributed by atoms with Gasteiger partial charge in [0.05, 0.1) is 6.67 Å². The van der Waals surface area contributed by atoms with Gasteiger partial charge in [0.2, 0.25) is 0 Å². The van der Waals surface area contributed by atoms with E-state index in [0.29, 0.717) is 5.92 Å². The summed E-state index contributed by atoms with van der Waals surface area (Å²) < 4.78 is 0. The van der Waals surface area contributed by atoms with Crippen LogP contribution in [0.5, 0.6) is 0 Å². The first-order valence-electron chi connectivity index (χ1n) is 5.36. The molecule has 0 N–H and O–H groups in total. The molecule has 0 aromatic heterocycles. The summed E-state index contributed by atoms with van der Waals surface area (Å²) in [5.74, 6) is 0.596. The van der Waals surface area contributed by atoms with Crippen LogP contribution in [-0.4, -0.2) is 35.6 Å². The van der Waals surface area contributed by atoms with Crippen molar-refractivity contribution >= 4 is 0 Å².